The molecule has 0 saturated heterocycles. The maximum Gasteiger partial charge on any atom is 0.238 e. The van der Waals surface area contributed by atoms with Crippen molar-refractivity contribution in [3.8, 4) is 5.75 Å². The van der Waals surface area contributed by atoms with E-state index >= 15 is 0 Å². The number of benzene rings is 2. The number of fused-ring (bicyclic) bond motifs is 1. The molecule has 3 rings (SSSR count). The van der Waals surface area contributed by atoms with Gasteiger partial charge in [0, 0.05) is 16.6 Å². The number of ether oxygens (including phenoxy) is 1. The monoisotopic (exact) mass is 285 g/mol. The summed E-state index contributed by atoms with van der Waals surface area (Å²) in [6.45, 7) is 0. The van der Waals surface area contributed by atoms with E-state index in [-0.39, 0.29) is 11.2 Å². The SMILES string of the molecule is COc1cccc(NC(=O)C2Cc3ccccc3S2)c1. The van der Waals surface area contributed by atoms with E-state index in [9.17, 15) is 4.79 Å². The molecule has 1 aliphatic rings. The van der Waals surface area contributed by atoms with Crippen LogP contribution >= 0.6 is 11.8 Å². The van der Waals surface area contributed by atoms with Crippen molar-refractivity contribution in [2.75, 3.05) is 12.4 Å². The summed E-state index contributed by atoms with van der Waals surface area (Å²) >= 11 is 1.63. The Morgan fingerprint density at radius 3 is 2.90 bits per heavy atom. The van der Waals surface area contributed by atoms with Gasteiger partial charge in [-0.3, -0.25) is 4.79 Å². The van der Waals surface area contributed by atoms with Crippen molar-refractivity contribution in [2.45, 2.75) is 16.6 Å². The van der Waals surface area contributed by atoms with Crippen LogP contribution in [-0.4, -0.2) is 18.3 Å². The van der Waals surface area contributed by atoms with Crippen LogP contribution in [0.1, 0.15) is 5.56 Å². The van der Waals surface area contributed by atoms with Crippen LogP contribution in [-0.2, 0) is 11.2 Å². The molecule has 2 aromatic carbocycles. The smallest absolute Gasteiger partial charge is 0.238 e. The zero-order valence-electron chi connectivity index (χ0n) is 11.1. The lowest BCUT2D eigenvalue weighted by Gasteiger charge is -2.10. The van der Waals surface area contributed by atoms with E-state index in [1.165, 1.54) is 10.5 Å². The molecule has 1 aliphatic heterocycles. The highest BCUT2D eigenvalue weighted by molar-refractivity contribution is 8.01. The second-order valence-corrected chi connectivity index (χ2v) is 5.88. The highest BCUT2D eigenvalue weighted by Gasteiger charge is 2.27. The summed E-state index contributed by atoms with van der Waals surface area (Å²) in [5.41, 5.74) is 2.02. The van der Waals surface area contributed by atoms with Crippen LogP contribution in [0.2, 0.25) is 0 Å². The third-order valence-corrected chi connectivity index (χ3v) is 4.59. The van der Waals surface area contributed by atoms with Crippen molar-refractivity contribution < 1.29 is 9.53 Å². The van der Waals surface area contributed by atoms with Gasteiger partial charge in [-0.15, -0.1) is 11.8 Å². The number of anilines is 1. The van der Waals surface area contributed by atoms with Crippen LogP contribution < -0.4 is 10.1 Å². The van der Waals surface area contributed by atoms with Crippen molar-refractivity contribution in [3.63, 3.8) is 0 Å². The van der Waals surface area contributed by atoms with E-state index < -0.39 is 0 Å². The lowest BCUT2D eigenvalue weighted by Crippen LogP contribution is -2.24. The van der Waals surface area contributed by atoms with E-state index in [0.717, 1.165) is 17.9 Å². The summed E-state index contributed by atoms with van der Waals surface area (Å²) in [6, 6.07) is 15.6. The molecule has 3 nitrogen and oxygen atoms in total. The van der Waals surface area contributed by atoms with E-state index in [1.807, 2.05) is 36.4 Å². The molecule has 1 unspecified atom stereocenters. The normalized spacial score (nSPS) is 16.6. The van der Waals surface area contributed by atoms with Gasteiger partial charge in [-0.05, 0) is 30.2 Å². The van der Waals surface area contributed by atoms with Crippen LogP contribution in [0, 0.1) is 0 Å². The summed E-state index contributed by atoms with van der Waals surface area (Å²) < 4.78 is 5.16. The molecule has 102 valence electrons. The molecule has 0 bridgehead atoms. The first-order chi connectivity index (χ1) is 9.76. The number of nitrogens with one attached hydrogen (secondary N) is 1. The first-order valence-electron chi connectivity index (χ1n) is 6.46. The number of methoxy groups -OCH3 is 1. The first kappa shape index (κ1) is 13.1. The molecule has 1 N–H and O–H groups in total. The molecule has 0 aliphatic carbocycles. The highest BCUT2D eigenvalue weighted by atomic mass is 32.2. The van der Waals surface area contributed by atoms with Crippen molar-refractivity contribution in [2.24, 2.45) is 0 Å². The topological polar surface area (TPSA) is 38.3 Å². The highest BCUT2D eigenvalue weighted by Crippen LogP contribution is 2.37. The number of amides is 1. The minimum atomic E-state index is -0.0569. The van der Waals surface area contributed by atoms with Crippen molar-refractivity contribution in [1.29, 1.82) is 0 Å². The minimum absolute atomic E-state index is 0.0412. The Hall–Kier alpha value is -1.94. The predicted molar refractivity (Wildman–Crippen MR) is 81.4 cm³/mol. The van der Waals surface area contributed by atoms with E-state index in [0.29, 0.717) is 0 Å². The summed E-state index contributed by atoms with van der Waals surface area (Å²) in [6.07, 6.45) is 0.788. The summed E-state index contributed by atoms with van der Waals surface area (Å²) in [4.78, 5) is 13.5. The molecule has 0 saturated carbocycles. The Morgan fingerprint density at radius 1 is 1.25 bits per heavy atom. The third-order valence-electron chi connectivity index (χ3n) is 3.28. The van der Waals surface area contributed by atoms with Gasteiger partial charge in [0.2, 0.25) is 5.91 Å². The lowest BCUT2D eigenvalue weighted by molar-refractivity contribution is -0.115. The third kappa shape index (κ3) is 2.65. The van der Waals surface area contributed by atoms with Crippen molar-refractivity contribution in [3.05, 3.63) is 54.1 Å². The molecule has 0 aromatic heterocycles. The second-order valence-electron chi connectivity index (χ2n) is 4.64. The first-order valence-corrected chi connectivity index (χ1v) is 7.34. The van der Waals surface area contributed by atoms with Crippen LogP contribution in [0.25, 0.3) is 0 Å². The number of carbonyl (C=O) groups excluding carboxylic acids is 1. The largest absolute Gasteiger partial charge is 0.497 e. The quantitative estimate of drug-likeness (QED) is 0.940. The summed E-state index contributed by atoms with van der Waals surface area (Å²) in [7, 11) is 1.62. The molecule has 1 amide bonds. The Morgan fingerprint density at radius 2 is 2.10 bits per heavy atom. The van der Waals surface area contributed by atoms with Crippen LogP contribution in [0.4, 0.5) is 5.69 Å². The Labute approximate surface area is 122 Å². The zero-order valence-corrected chi connectivity index (χ0v) is 11.9. The summed E-state index contributed by atoms with van der Waals surface area (Å²) in [5.74, 6) is 0.782. The van der Waals surface area contributed by atoms with Gasteiger partial charge in [-0.2, -0.15) is 0 Å². The van der Waals surface area contributed by atoms with E-state index in [4.69, 9.17) is 4.74 Å². The maximum absolute atomic E-state index is 12.3. The van der Waals surface area contributed by atoms with Crippen molar-refractivity contribution >= 4 is 23.4 Å². The fourth-order valence-electron chi connectivity index (χ4n) is 2.25. The molecule has 0 radical (unpaired) electrons. The van der Waals surface area contributed by atoms with Crippen LogP contribution in [0.15, 0.2) is 53.4 Å². The van der Waals surface area contributed by atoms with Gasteiger partial charge >= 0.3 is 0 Å². The van der Waals surface area contributed by atoms with E-state index in [2.05, 4.69) is 17.4 Å². The van der Waals surface area contributed by atoms with Gasteiger partial charge in [-0.25, -0.2) is 0 Å². The number of thioether (sulfide) groups is 1. The number of hydrogen-bond donors (Lipinski definition) is 1. The maximum atomic E-state index is 12.3. The molecule has 20 heavy (non-hydrogen) atoms. The lowest BCUT2D eigenvalue weighted by atomic mass is 10.1. The Kier molecular flexibility index (Phi) is 3.65. The molecule has 1 heterocycles. The van der Waals surface area contributed by atoms with Crippen LogP contribution in [0.5, 0.6) is 5.75 Å². The molecule has 0 spiro atoms. The van der Waals surface area contributed by atoms with Gasteiger partial charge in [0.25, 0.3) is 0 Å². The minimum Gasteiger partial charge on any atom is -0.497 e. The molecular formula is C16H15NO2S. The van der Waals surface area contributed by atoms with Gasteiger partial charge in [0.15, 0.2) is 0 Å². The van der Waals surface area contributed by atoms with Gasteiger partial charge < -0.3 is 10.1 Å². The van der Waals surface area contributed by atoms with Crippen LogP contribution in [0.3, 0.4) is 0 Å². The number of rotatable bonds is 3. The average Bonchev–Trinajstić information content (AvgIpc) is 2.91. The molecule has 2 aromatic rings. The molecule has 1 atom stereocenters. The fraction of sp³-hybridized carbons (Fsp3) is 0.188. The Bertz CT molecular complexity index is 617. The molecule has 4 heteroatoms. The zero-order chi connectivity index (χ0) is 13.9. The number of hydrogen-bond acceptors (Lipinski definition) is 3. The Balaban J connectivity index is 1.69. The average molecular weight is 285 g/mol. The second kappa shape index (κ2) is 5.59. The van der Waals surface area contributed by atoms with Gasteiger partial charge in [-0.1, -0.05) is 24.3 Å². The standard InChI is InChI=1S/C16H15NO2S/c1-19-13-7-4-6-12(10-13)17-16(18)15-9-11-5-2-3-8-14(11)20-15/h2-8,10,15H,9H2,1H3,(H,17,18). The number of carbonyl (C=O) groups is 1. The molecule has 0 fully saturated rings. The van der Waals surface area contributed by atoms with Gasteiger partial charge in [0.05, 0.1) is 12.4 Å². The molecular weight excluding hydrogens is 270 g/mol. The van der Waals surface area contributed by atoms with Gasteiger partial charge in [0.1, 0.15) is 5.75 Å². The van der Waals surface area contributed by atoms with E-state index in [1.54, 1.807) is 18.9 Å². The fourth-order valence-corrected chi connectivity index (χ4v) is 3.45. The summed E-state index contributed by atoms with van der Waals surface area (Å²) in [5, 5.41) is 2.90. The predicted octanol–water partition coefficient (Wildman–Crippen LogP) is 3.35. The van der Waals surface area contributed by atoms with Crippen molar-refractivity contribution in [1.82, 2.24) is 0 Å².